The van der Waals surface area contributed by atoms with E-state index >= 15 is 0 Å². The molecule has 0 aliphatic heterocycles. The molecule has 0 radical (unpaired) electrons. The van der Waals surface area contributed by atoms with E-state index in [0.29, 0.717) is 36.2 Å². The van der Waals surface area contributed by atoms with E-state index in [1.54, 1.807) is 65.8 Å². The Morgan fingerprint density at radius 2 is 0.849 bits per heavy atom. The number of carbonyl (C=O) groups is 20. The van der Waals surface area contributed by atoms with Crippen molar-refractivity contribution in [3.8, 4) is 0 Å². The molecule has 0 bridgehead atoms. The number of hydrogen-bond acceptors (Lipinski definition) is 23. The van der Waals surface area contributed by atoms with Crippen LogP contribution in [-0.4, -0.2) is 362 Å². The first-order chi connectivity index (χ1) is 55.6. The summed E-state index contributed by atoms with van der Waals surface area (Å²) in [4.78, 5) is 267. The van der Waals surface area contributed by atoms with Crippen molar-refractivity contribution >= 4 is 124 Å². The maximum atomic E-state index is 13.8. The first-order valence-corrected chi connectivity index (χ1v) is 38.7. The molecule has 2 rings (SSSR count). The van der Waals surface area contributed by atoms with Crippen LogP contribution in [0.4, 0.5) is 15.3 Å². The summed E-state index contributed by atoms with van der Waals surface area (Å²) in [5.74, 6) is -11.0. The van der Waals surface area contributed by atoms with Gasteiger partial charge in [-0.2, -0.15) is 0 Å². The Labute approximate surface area is 693 Å². The number of carbonyl (C=O) groups excluding carboxylic acids is 20. The standard InChI is InChI=1S/C76H122N22O21/c1-47(2)70(74(116)84-56(23-21-32-79-75(77)117)73(115)83-53-26-24-52(25-27-53)46-119-76(118)80-31-20-19-22-55(82-51(8)99)72(114)49(5)6)85-59(102)36-98-34-54(86-87-98)28-29-57(100)78-33-30-60(103)89(10)37-62(105)91(12)39-64(107)93(14)41-66(109)95(16)43-68(111)97(18)45-69(112)96(17)44-67(110)94(15)42-65(108)92(13)40-63(106)90(11)38-61(104)88(9)35-58(101)81-50(7)71(113)48(3)4/h24-27,34,47-50,55-56,70H,19-23,28-33,35-46H2,1-18H3,(H,78,100)(H,80,118)(H,81,101)(H,82,99)(H,83,115)(H,84,116)(H,85,102)(H3,77,79,117)/t50-,55-,56-,70-/m0/s1. The number of unbranched alkanes of at least 4 members (excludes halogenated alkanes) is 1. The fourth-order valence-corrected chi connectivity index (χ4v) is 10.9. The molecule has 0 saturated heterocycles. The van der Waals surface area contributed by atoms with Gasteiger partial charge in [0.2, 0.25) is 94.5 Å². The van der Waals surface area contributed by atoms with E-state index in [-0.39, 0.29) is 101 Å². The molecule has 2 aromatic rings. The summed E-state index contributed by atoms with van der Waals surface area (Å²) in [6.45, 7) is 8.14. The molecule has 0 spiro atoms. The fourth-order valence-electron chi connectivity index (χ4n) is 10.9. The number of aryl methyl sites for hydroxylation is 1. The summed E-state index contributed by atoms with van der Waals surface area (Å²) in [5, 5.41) is 29.0. The highest BCUT2D eigenvalue weighted by molar-refractivity contribution is 5.99. The number of nitrogens with two attached hydrogens (primary N) is 1. The van der Waals surface area contributed by atoms with Crippen molar-refractivity contribution in [2.24, 2.45) is 23.5 Å². The number of aromatic nitrogens is 3. The lowest BCUT2D eigenvalue weighted by atomic mass is 9.97. The molecular weight excluding hydrogens is 1560 g/mol. The number of anilines is 1. The summed E-state index contributed by atoms with van der Waals surface area (Å²) >= 11 is 0. The minimum atomic E-state index is -1.16. The Kier molecular flexibility index (Phi) is 44.7. The van der Waals surface area contributed by atoms with Gasteiger partial charge in [0.1, 0.15) is 25.2 Å². The second-order valence-electron chi connectivity index (χ2n) is 30.1. The zero-order chi connectivity index (χ0) is 90.2. The molecule has 1 aromatic carbocycles. The molecule has 0 fully saturated rings. The van der Waals surface area contributed by atoms with Gasteiger partial charge in [0.15, 0.2) is 11.6 Å². The summed E-state index contributed by atoms with van der Waals surface area (Å²) in [6, 6.07) is 1.92. The largest absolute Gasteiger partial charge is 0.445 e. The smallest absolute Gasteiger partial charge is 0.407 e. The predicted molar refractivity (Wildman–Crippen MR) is 430 cm³/mol. The Hall–Kier alpha value is -12.2. The SMILES string of the molecule is CC(=O)N[C@@H](CCCCNC(=O)OCc1ccc(NC(=O)[C@H](CCCNC(N)=O)NC(=O)[C@@H](NC(=O)Cn2cc(CCC(=O)NCCC(=O)N(C)CC(=O)N(C)CC(=O)N(C)CC(=O)N(C)CC(=O)N(C)CC(=O)N(C)CC(=O)N(C)CC(=O)N(C)CC(=O)N(C)CC(=O)N(C)CC(=O)N[C@@H](C)C(=O)C(C)C)nn2)C(C)C)cc1)C(=O)C(C)C. The van der Waals surface area contributed by atoms with Crippen LogP contribution in [0.5, 0.6) is 0 Å². The number of rotatable bonds is 51. The van der Waals surface area contributed by atoms with Crippen molar-refractivity contribution < 1.29 is 101 Å². The molecule has 0 aliphatic rings. The van der Waals surface area contributed by atoms with E-state index in [9.17, 15) is 95.9 Å². The van der Waals surface area contributed by atoms with Crippen LogP contribution in [0.25, 0.3) is 0 Å². The molecule has 4 atom stereocenters. The number of hydrogen-bond donors (Lipinski definition) is 9. The number of amides is 19. The maximum absolute atomic E-state index is 13.8. The summed E-state index contributed by atoms with van der Waals surface area (Å²) < 4.78 is 6.52. The fraction of sp³-hybridized carbons (Fsp3) is 0.632. The van der Waals surface area contributed by atoms with Crippen molar-refractivity contribution in [3.63, 3.8) is 0 Å². The highest BCUT2D eigenvalue weighted by Gasteiger charge is 2.32. The Bertz CT molecular complexity index is 3890. The van der Waals surface area contributed by atoms with Gasteiger partial charge in [0.25, 0.3) is 0 Å². The summed E-state index contributed by atoms with van der Waals surface area (Å²) in [5.41, 5.74) is 6.48. The van der Waals surface area contributed by atoms with Gasteiger partial charge < -0.3 is 102 Å². The second kappa shape index (κ2) is 51.8. The van der Waals surface area contributed by atoms with Gasteiger partial charge in [-0.1, -0.05) is 58.9 Å². The topological polar surface area (TPSA) is 536 Å². The summed E-state index contributed by atoms with van der Waals surface area (Å²) in [6.07, 6.45) is 2.32. The molecule has 119 heavy (non-hydrogen) atoms. The number of nitrogens with one attached hydrogen (secondary N) is 8. The lowest BCUT2D eigenvalue weighted by molar-refractivity contribution is -0.146. The maximum Gasteiger partial charge on any atom is 0.407 e. The number of primary amides is 1. The van der Waals surface area contributed by atoms with E-state index in [1.165, 1.54) is 95.2 Å². The molecule has 1 aromatic heterocycles. The van der Waals surface area contributed by atoms with E-state index < -0.39 is 190 Å². The quantitative estimate of drug-likeness (QED) is 0.0284. The van der Waals surface area contributed by atoms with Gasteiger partial charge in [0, 0.05) is 140 Å². The van der Waals surface area contributed by atoms with Crippen LogP contribution >= 0.6 is 0 Å². The zero-order valence-corrected chi connectivity index (χ0v) is 71.7. The normalized spacial score (nSPS) is 11.8. The lowest BCUT2D eigenvalue weighted by Gasteiger charge is -2.27. The van der Waals surface area contributed by atoms with Gasteiger partial charge >= 0.3 is 12.1 Å². The number of alkyl carbamates (subject to hydrolysis) is 1. The van der Waals surface area contributed by atoms with Crippen molar-refractivity contribution in [3.05, 3.63) is 41.7 Å². The van der Waals surface area contributed by atoms with Crippen LogP contribution in [0.15, 0.2) is 30.5 Å². The number of nitrogens with zero attached hydrogens (tertiary/aromatic N) is 13. The number of Topliss-reactive ketones (excluding diaryl/α,β-unsaturated/α-hetero) is 2. The molecule has 43 heteroatoms. The monoisotopic (exact) mass is 1680 g/mol. The van der Waals surface area contributed by atoms with Crippen LogP contribution in [0.2, 0.25) is 0 Å². The Morgan fingerprint density at radius 1 is 0.429 bits per heavy atom. The van der Waals surface area contributed by atoms with E-state index in [4.69, 9.17) is 10.5 Å². The van der Waals surface area contributed by atoms with Crippen LogP contribution in [0.1, 0.15) is 112 Å². The van der Waals surface area contributed by atoms with Gasteiger partial charge in [-0.3, -0.25) is 86.3 Å². The molecule has 0 saturated carbocycles. The number of likely N-dealkylation sites (N-methyl/N-ethyl adjacent to an activating group) is 10. The Balaban J connectivity index is 1.79. The molecule has 43 nitrogen and oxygen atoms in total. The molecule has 0 aliphatic carbocycles. The minimum Gasteiger partial charge on any atom is -0.445 e. The number of ether oxygens (including phenoxy) is 1. The molecule has 19 amide bonds. The highest BCUT2D eigenvalue weighted by Crippen LogP contribution is 2.15. The van der Waals surface area contributed by atoms with Crippen molar-refractivity contribution in [2.75, 3.05) is 161 Å². The molecule has 0 unspecified atom stereocenters. The average Bonchev–Trinajstić information content (AvgIpc) is 1.82. The minimum absolute atomic E-state index is 0.0434. The van der Waals surface area contributed by atoms with Gasteiger partial charge in [0.05, 0.1) is 83.2 Å². The molecule has 1 heterocycles. The first kappa shape index (κ1) is 103. The van der Waals surface area contributed by atoms with E-state index in [0.717, 1.165) is 49.0 Å². The predicted octanol–water partition coefficient (Wildman–Crippen LogP) is -4.13. The Morgan fingerprint density at radius 3 is 1.27 bits per heavy atom. The van der Waals surface area contributed by atoms with Crippen LogP contribution in [0, 0.1) is 17.8 Å². The van der Waals surface area contributed by atoms with Crippen molar-refractivity contribution in [1.82, 2.24) is 101 Å². The third-order valence-electron chi connectivity index (χ3n) is 18.5. The highest BCUT2D eigenvalue weighted by atomic mass is 16.5. The van der Waals surface area contributed by atoms with Gasteiger partial charge in [-0.25, -0.2) is 14.3 Å². The molecular formula is C76H122N22O21. The van der Waals surface area contributed by atoms with Crippen LogP contribution < -0.4 is 48.3 Å². The van der Waals surface area contributed by atoms with Crippen molar-refractivity contribution in [1.29, 1.82) is 0 Å². The van der Waals surface area contributed by atoms with Gasteiger partial charge in [-0.05, 0) is 62.6 Å². The number of urea groups is 1. The van der Waals surface area contributed by atoms with Gasteiger partial charge in [-0.15, -0.1) is 5.10 Å². The lowest BCUT2D eigenvalue weighted by Crippen LogP contribution is -2.55. The third kappa shape index (κ3) is 39.5. The second-order valence-corrected chi connectivity index (χ2v) is 30.1. The summed E-state index contributed by atoms with van der Waals surface area (Å²) in [7, 11) is 13.1. The van der Waals surface area contributed by atoms with Crippen LogP contribution in [0.3, 0.4) is 0 Å². The van der Waals surface area contributed by atoms with Crippen molar-refractivity contribution in [2.45, 2.75) is 144 Å². The number of ketones is 2. The zero-order valence-electron chi connectivity index (χ0n) is 71.7. The first-order valence-electron chi connectivity index (χ1n) is 38.7. The van der Waals surface area contributed by atoms with E-state index in [2.05, 4.69) is 52.8 Å². The average molecular weight is 1680 g/mol. The van der Waals surface area contributed by atoms with E-state index in [1.807, 2.05) is 0 Å². The molecule has 662 valence electrons. The third-order valence-corrected chi connectivity index (χ3v) is 18.5. The number of benzene rings is 1. The molecule has 10 N–H and O–H groups in total. The van der Waals surface area contributed by atoms with Crippen LogP contribution in [-0.2, 0) is 111 Å².